The van der Waals surface area contributed by atoms with E-state index in [0.29, 0.717) is 32.0 Å². The van der Waals surface area contributed by atoms with Crippen molar-refractivity contribution in [2.24, 2.45) is 5.92 Å². The van der Waals surface area contributed by atoms with Crippen LogP contribution in [0.25, 0.3) is 0 Å². The molecule has 2 aliphatic rings. The number of alkyl halides is 3. The average Bonchev–Trinajstić information content (AvgIpc) is 2.75. The summed E-state index contributed by atoms with van der Waals surface area (Å²) >= 11 is 0. The first-order valence-corrected chi connectivity index (χ1v) is 9.88. The van der Waals surface area contributed by atoms with Crippen molar-refractivity contribution >= 4 is 21.9 Å². The highest BCUT2D eigenvalue weighted by atomic mass is 32.2. The third kappa shape index (κ3) is 5.06. The molecule has 1 aromatic heterocycles. The summed E-state index contributed by atoms with van der Waals surface area (Å²) in [5.74, 6) is -1.81. The van der Waals surface area contributed by atoms with Gasteiger partial charge in [0.15, 0.2) is 0 Å². The summed E-state index contributed by atoms with van der Waals surface area (Å²) in [4.78, 5) is 19.5. The highest BCUT2D eigenvalue weighted by Crippen LogP contribution is 2.34. The highest BCUT2D eigenvalue weighted by molar-refractivity contribution is 7.90. The van der Waals surface area contributed by atoms with Crippen molar-refractivity contribution in [2.45, 2.75) is 31.2 Å². The molecule has 0 aliphatic carbocycles. The Morgan fingerprint density at radius 1 is 1.26 bits per heavy atom. The van der Waals surface area contributed by atoms with Gasteiger partial charge in [-0.15, -0.1) is 0 Å². The first-order valence-electron chi connectivity index (χ1n) is 8.38. The minimum atomic E-state index is -5.08. The molecule has 2 saturated heterocycles. The fourth-order valence-corrected chi connectivity index (χ4v) is 5.51. The quantitative estimate of drug-likeness (QED) is 0.785. The summed E-state index contributed by atoms with van der Waals surface area (Å²) in [5, 5.41) is 6.90. The van der Waals surface area contributed by atoms with Gasteiger partial charge in [0.25, 0.3) is 0 Å². The summed E-state index contributed by atoms with van der Waals surface area (Å²) in [7, 11) is -3.10. The number of sulfonamides is 1. The average molecular weight is 410 g/mol. The number of fused-ring (bicyclic) bond motifs is 1. The lowest BCUT2D eigenvalue weighted by atomic mass is 10.0. The largest absolute Gasteiger partial charge is 0.490 e. The summed E-state index contributed by atoms with van der Waals surface area (Å²) in [6.45, 7) is 4.71. The molecule has 2 atom stereocenters. The van der Waals surface area contributed by atoms with Gasteiger partial charge >= 0.3 is 12.1 Å². The summed E-state index contributed by atoms with van der Waals surface area (Å²) < 4.78 is 58.2. The lowest BCUT2D eigenvalue weighted by molar-refractivity contribution is -0.192. The van der Waals surface area contributed by atoms with Crippen molar-refractivity contribution in [1.29, 1.82) is 0 Å². The van der Waals surface area contributed by atoms with E-state index >= 15 is 0 Å². The molecule has 0 bridgehead atoms. The predicted molar refractivity (Wildman–Crippen MR) is 90.6 cm³/mol. The van der Waals surface area contributed by atoms with E-state index in [0.717, 1.165) is 13.0 Å². The van der Waals surface area contributed by atoms with Gasteiger partial charge < -0.3 is 10.0 Å². The Kier molecular flexibility index (Phi) is 6.63. The number of rotatable bonds is 2. The Bertz CT molecular complexity index is 745. The summed E-state index contributed by atoms with van der Waals surface area (Å²) in [6, 6.07) is 1.79. The van der Waals surface area contributed by atoms with Crippen molar-refractivity contribution in [3.8, 4) is 0 Å². The third-order valence-electron chi connectivity index (χ3n) is 4.59. The first-order chi connectivity index (χ1) is 12.6. The summed E-state index contributed by atoms with van der Waals surface area (Å²) in [6.07, 6.45) is -0.0758. The van der Waals surface area contributed by atoms with Crippen molar-refractivity contribution in [1.82, 2.24) is 14.3 Å². The van der Waals surface area contributed by atoms with Crippen LogP contribution in [-0.4, -0.2) is 71.4 Å². The number of hydrogen-bond acceptors (Lipinski definition) is 6. The zero-order valence-corrected chi connectivity index (χ0v) is 15.4. The number of aliphatic carboxylic acids is 1. The van der Waals surface area contributed by atoms with Crippen LogP contribution in [0.15, 0.2) is 18.5 Å². The van der Waals surface area contributed by atoms with E-state index < -0.39 is 22.2 Å². The van der Waals surface area contributed by atoms with Crippen molar-refractivity contribution < 1.29 is 31.5 Å². The number of carbonyl (C=O) groups is 1. The molecule has 2 fully saturated rings. The zero-order valence-electron chi connectivity index (χ0n) is 14.6. The predicted octanol–water partition coefficient (Wildman–Crippen LogP) is 1.36. The minimum Gasteiger partial charge on any atom is -0.475 e. The fraction of sp³-hybridized carbons (Fsp3) is 0.667. The molecular formula is C15H21F3N4O4S. The molecule has 0 amide bonds. The van der Waals surface area contributed by atoms with Gasteiger partial charge in [0, 0.05) is 38.6 Å². The lowest BCUT2D eigenvalue weighted by Crippen LogP contribution is -2.32. The number of nitrogens with zero attached hydrogens (tertiary/aromatic N) is 4. The first kappa shape index (κ1) is 21.4. The molecule has 0 aromatic carbocycles. The highest BCUT2D eigenvalue weighted by Gasteiger charge is 2.46. The smallest absolute Gasteiger partial charge is 0.475 e. The van der Waals surface area contributed by atoms with E-state index in [2.05, 4.69) is 14.9 Å². The topological polar surface area (TPSA) is 104 Å². The standard InChI is InChI=1S/C13H20N4O2S.C2HF3O2/c1-2-17-10-11-4-8-16(13-14-6-3-7-15-13)9-5-12(11)20(17,18)19;3-2(4,5)1(6)7/h3,6-7,11-12H,2,4-5,8-10H2,1H3;(H,6,7)/t11-,12-;/m1./s1. The molecule has 12 heteroatoms. The van der Waals surface area contributed by atoms with E-state index in [1.54, 1.807) is 22.8 Å². The molecule has 27 heavy (non-hydrogen) atoms. The maximum atomic E-state index is 12.4. The number of carboxylic acids is 1. The van der Waals surface area contributed by atoms with Gasteiger partial charge in [-0.05, 0) is 24.8 Å². The van der Waals surface area contributed by atoms with Crippen LogP contribution in [0.3, 0.4) is 0 Å². The number of hydrogen-bond donors (Lipinski definition) is 1. The van der Waals surface area contributed by atoms with E-state index in [-0.39, 0.29) is 11.2 Å². The Hall–Kier alpha value is -1.95. The monoisotopic (exact) mass is 410 g/mol. The zero-order chi connectivity index (χ0) is 20.2. The molecular weight excluding hydrogens is 389 g/mol. The normalized spacial score (nSPS) is 25.1. The Balaban J connectivity index is 0.000000321. The number of carboxylic acid groups (broad SMARTS) is 1. The van der Waals surface area contributed by atoms with Crippen LogP contribution in [-0.2, 0) is 14.8 Å². The van der Waals surface area contributed by atoms with Crippen LogP contribution in [0, 0.1) is 5.92 Å². The number of aromatic nitrogens is 2. The molecule has 1 aromatic rings. The summed E-state index contributed by atoms with van der Waals surface area (Å²) in [5.41, 5.74) is 0. The van der Waals surface area contributed by atoms with Crippen molar-refractivity contribution in [3.05, 3.63) is 18.5 Å². The maximum absolute atomic E-state index is 12.4. The second kappa shape index (κ2) is 8.38. The molecule has 2 aliphatic heterocycles. The van der Waals surface area contributed by atoms with E-state index in [4.69, 9.17) is 9.90 Å². The Morgan fingerprint density at radius 3 is 2.33 bits per heavy atom. The van der Waals surface area contributed by atoms with Crippen LogP contribution >= 0.6 is 0 Å². The van der Waals surface area contributed by atoms with Crippen LogP contribution in [0.1, 0.15) is 19.8 Å². The second-order valence-electron chi connectivity index (χ2n) is 6.21. The molecule has 0 saturated carbocycles. The molecule has 0 unspecified atom stereocenters. The molecule has 0 radical (unpaired) electrons. The number of halogens is 3. The Labute approximate surface area is 155 Å². The van der Waals surface area contributed by atoms with Crippen LogP contribution in [0.5, 0.6) is 0 Å². The SMILES string of the molecule is CCN1C[C@H]2CCN(c3ncccn3)CC[C@H]2S1(=O)=O.O=C(O)C(F)(F)F. The molecule has 3 heterocycles. The van der Waals surface area contributed by atoms with Gasteiger partial charge in [-0.1, -0.05) is 6.92 Å². The fourth-order valence-electron chi connectivity index (χ4n) is 3.26. The van der Waals surface area contributed by atoms with E-state index in [1.807, 2.05) is 6.92 Å². The van der Waals surface area contributed by atoms with Crippen LogP contribution in [0.4, 0.5) is 19.1 Å². The van der Waals surface area contributed by atoms with E-state index in [9.17, 15) is 21.6 Å². The molecule has 1 N–H and O–H groups in total. The third-order valence-corrected chi connectivity index (χ3v) is 7.10. The minimum absolute atomic E-state index is 0.226. The van der Waals surface area contributed by atoms with Gasteiger partial charge in [0.05, 0.1) is 5.25 Å². The second-order valence-corrected chi connectivity index (χ2v) is 8.36. The number of anilines is 1. The molecule has 0 spiro atoms. The maximum Gasteiger partial charge on any atom is 0.490 e. The molecule has 3 rings (SSSR count). The van der Waals surface area contributed by atoms with Crippen LogP contribution in [0.2, 0.25) is 0 Å². The Morgan fingerprint density at radius 2 is 1.81 bits per heavy atom. The van der Waals surface area contributed by atoms with Gasteiger partial charge in [-0.3, -0.25) is 0 Å². The van der Waals surface area contributed by atoms with E-state index in [1.165, 1.54) is 0 Å². The van der Waals surface area contributed by atoms with Gasteiger partial charge in [-0.2, -0.15) is 13.2 Å². The molecule has 8 nitrogen and oxygen atoms in total. The van der Waals surface area contributed by atoms with Crippen molar-refractivity contribution in [2.75, 3.05) is 31.1 Å². The van der Waals surface area contributed by atoms with Crippen molar-refractivity contribution in [3.63, 3.8) is 0 Å². The molecule has 152 valence electrons. The van der Waals surface area contributed by atoms with Crippen LogP contribution < -0.4 is 4.90 Å². The lowest BCUT2D eigenvalue weighted by Gasteiger charge is -2.21. The van der Waals surface area contributed by atoms with Gasteiger partial charge in [-0.25, -0.2) is 27.5 Å². The van der Waals surface area contributed by atoms with Gasteiger partial charge in [0.1, 0.15) is 0 Å². The van der Waals surface area contributed by atoms with Gasteiger partial charge in [0.2, 0.25) is 16.0 Å².